The lowest BCUT2D eigenvalue weighted by Crippen LogP contribution is -2.36. The van der Waals surface area contributed by atoms with E-state index in [9.17, 15) is 4.79 Å². The molecule has 1 atom stereocenters. The zero-order valence-electron chi connectivity index (χ0n) is 14.5. The maximum atomic E-state index is 12.8. The molecule has 0 fully saturated rings. The van der Waals surface area contributed by atoms with Crippen molar-refractivity contribution in [1.29, 1.82) is 0 Å². The zero-order valence-corrected chi connectivity index (χ0v) is 14.5. The lowest BCUT2D eigenvalue weighted by Gasteiger charge is -2.24. The van der Waals surface area contributed by atoms with Gasteiger partial charge >= 0.3 is 0 Å². The van der Waals surface area contributed by atoms with Crippen molar-refractivity contribution in [3.8, 4) is 5.75 Å². The summed E-state index contributed by atoms with van der Waals surface area (Å²) in [4.78, 5) is 14.6. The van der Waals surface area contributed by atoms with Gasteiger partial charge in [0.1, 0.15) is 11.4 Å². The first-order valence-electron chi connectivity index (χ1n) is 7.90. The molecular formula is C18H25N3O2. The smallest absolute Gasteiger partial charge is 0.272 e. The summed E-state index contributed by atoms with van der Waals surface area (Å²) in [7, 11) is 3.49. The van der Waals surface area contributed by atoms with Crippen molar-refractivity contribution < 1.29 is 9.53 Å². The average Bonchev–Trinajstić information content (AvgIpc) is 2.93. The second kappa shape index (κ2) is 7.31. The van der Waals surface area contributed by atoms with Gasteiger partial charge in [-0.25, -0.2) is 0 Å². The number of amides is 1. The molecule has 0 spiro atoms. The van der Waals surface area contributed by atoms with E-state index in [-0.39, 0.29) is 11.9 Å². The van der Waals surface area contributed by atoms with Gasteiger partial charge in [-0.3, -0.25) is 9.48 Å². The van der Waals surface area contributed by atoms with Crippen LogP contribution in [0.25, 0.3) is 0 Å². The van der Waals surface area contributed by atoms with Crippen LogP contribution >= 0.6 is 0 Å². The van der Waals surface area contributed by atoms with Gasteiger partial charge < -0.3 is 9.64 Å². The van der Waals surface area contributed by atoms with Crippen molar-refractivity contribution in [2.75, 3.05) is 14.2 Å². The molecule has 2 rings (SSSR count). The van der Waals surface area contributed by atoms with Gasteiger partial charge in [0.25, 0.3) is 5.91 Å². The monoisotopic (exact) mass is 315 g/mol. The number of ether oxygens (including phenoxy) is 1. The topological polar surface area (TPSA) is 47.4 Å². The highest BCUT2D eigenvalue weighted by molar-refractivity contribution is 5.94. The van der Waals surface area contributed by atoms with Crippen LogP contribution in [0.5, 0.6) is 5.75 Å². The van der Waals surface area contributed by atoms with Gasteiger partial charge in [0.15, 0.2) is 0 Å². The van der Waals surface area contributed by atoms with E-state index in [0.29, 0.717) is 12.2 Å². The minimum Gasteiger partial charge on any atom is -0.497 e. The molecule has 0 aliphatic carbocycles. The Balaban J connectivity index is 2.25. The number of nitrogens with zero attached hydrogens (tertiary/aromatic N) is 3. The first kappa shape index (κ1) is 17.1. The number of carbonyl (C=O) groups excluding carboxylic acids is 1. The van der Waals surface area contributed by atoms with Gasteiger partial charge in [0.2, 0.25) is 0 Å². The fourth-order valence-electron chi connectivity index (χ4n) is 2.42. The normalized spacial score (nSPS) is 12.0. The lowest BCUT2D eigenvalue weighted by molar-refractivity contribution is 0.0727. The van der Waals surface area contributed by atoms with Crippen LogP contribution < -0.4 is 4.74 Å². The molecule has 1 amide bonds. The largest absolute Gasteiger partial charge is 0.497 e. The Morgan fingerprint density at radius 2 is 2.00 bits per heavy atom. The molecule has 0 radical (unpaired) electrons. The molecule has 124 valence electrons. The van der Waals surface area contributed by atoms with Crippen molar-refractivity contribution in [1.82, 2.24) is 14.7 Å². The molecule has 5 heteroatoms. The Labute approximate surface area is 137 Å². The van der Waals surface area contributed by atoms with E-state index in [1.165, 1.54) is 0 Å². The predicted octanol–water partition coefficient (Wildman–Crippen LogP) is 3.12. The van der Waals surface area contributed by atoms with Crippen LogP contribution in [-0.4, -0.2) is 40.8 Å². The highest BCUT2D eigenvalue weighted by Gasteiger charge is 2.22. The van der Waals surface area contributed by atoms with Crippen molar-refractivity contribution in [3.63, 3.8) is 0 Å². The number of aromatic nitrogens is 2. The van der Waals surface area contributed by atoms with Crippen LogP contribution in [0.3, 0.4) is 0 Å². The van der Waals surface area contributed by atoms with Crippen LogP contribution in [0.15, 0.2) is 30.5 Å². The maximum absolute atomic E-state index is 12.8. The molecule has 0 aliphatic heterocycles. The summed E-state index contributed by atoms with van der Waals surface area (Å²) in [6.07, 6.45) is 2.68. The van der Waals surface area contributed by atoms with Gasteiger partial charge in [0.05, 0.1) is 19.9 Å². The molecule has 0 N–H and O–H groups in total. The fourth-order valence-corrected chi connectivity index (χ4v) is 2.42. The zero-order chi connectivity index (χ0) is 17.0. The lowest BCUT2D eigenvalue weighted by atomic mass is 10.1. The van der Waals surface area contributed by atoms with Crippen molar-refractivity contribution in [3.05, 3.63) is 47.3 Å². The van der Waals surface area contributed by atoms with Gasteiger partial charge in [-0.05, 0) is 38.0 Å². The Morgan fingerprint density at radius 1 is 1.35 bits per heavy atom. The number of hydrogen-bond acceptors (Lipinski definition) is 3. The summed E-state index contributed by atoms with van der Waals surface area (Å²) in [5.41, 5.74) is 2.64. The van der Waals surface area contributed by atoms with Crippen molar-refractivity contribution in [2.45, 2.75) is 39.8 Å². The number of carbonyl (C=O) groups is 1. The third-order valence-electron chi connectivity index (χ3n) is 4.29. The number of methoxy groups -OCH3 is 1. The van der Waals surface area contributed by atoms with Crippen LogP contribution in [0, 0.1) is 6.92 Å². The minimum atomic E-state index is 0.0165. The van der Waals surface area contributed by atoms with E-state index in [4.69, 9.17) is 4.74 Å². The first-order chi connectivity index (χ1) is 11.0. The standard InChI is InChI=1S/C18H25N3O2/c1-6-14(3)20(4)18(22)17-13(2)11-19-21(17)12-15-7-9-16(23-5)10-8-15/h7-11,14H,6,12H2,1-5H3. The van der Waals surface area contributed by atoms with E-state index in [1.54, 1.807) is 22.9 Å². The van der Waals surface area contributed by atoms with E-state index in [2.05, 4.69) is 18.9 Å². The van der Waals surface area contributed by atoms with Crippen LogP contribution in [0.4, 0.5) is 0 Å². The second-order valence-corrected chi connectivity index (χ2v) is 5.86. The molecule has 0 bridgehead atoms. The first-order valence-corrected chi connectivity index (χ1v) is 7.90. The summed E-state index contributed by atoms with van der Waals surface area (Å²) in [6.45, 7) is 6.62. The van der Waals surface area contributed by atoms with Gasteiger partial charge in [-0.1, -0.05) is 19.1 Å². The van der Waals surface area contributed by atoms with Crippen molar-refractivity contribution >= 4 is 5.91 Å². The molecule has 0 aliphatic rings. The molecule has 23 heavy (non-hydrogen) atoms. The highest BCUT2D eigenvalue weighted by Crippen LogP contribution is 2.16. The van der Waals surface area contributed by atoms with E-state index in [1.807, 2.05) is 38.2 Å². The van der Waals surface area contributed by atoms with Gasteiger partial charge in [0, 0.05) is 18.7 Å². The molecule has 0 saturated heterocycles. The maximum Gasteiger partial charge on any atom is 0.272 e. The molecule has 5 nitrogen and oxygen atoms in total. The van der Waals surface area contributed by atoms with Crippen molar-refractivity contribution in [2.24, 2.45) is 0 Å². The minimum absolute atomic E-state index is 0.0165. The van der Waals surface area contributed by atoms with E-state index in [0.717, 1.165) is 23.3 Å². The van der Waals surface area contributed by atoms with E-state index >= 15 is 0 Å². The molecular weight excluding hydrogens is 290 g/mol. The Morgan fingerprint density at radius 3 is 2.57 bits per heavy atom. The van der Waals surface area contributed by atoms with Gasteiger partial charge in [-0.15, -0.1) is 0 Å². The predicted molar refractivity (Wildman–Crippen MR) is 90.9 cm³/mol. The van der Waals surface area contributed by atoms with E-state index < -0.39 is 0 Å². The molecule has 0 saturated carbocycles. The quantitative estimate of drug-likeness (QED) is 0.823. The van der Waals surface area contributed by atoms with Gasteiger partial charge in [-0.2, -0.15) is 5.10 Å². The Bertz CT molecular complexity index is 661. The molecule has 1 heterocycles. The molecule has 2 aromatic rings. The third-order valence-corrected chi connectivity index (χ3v) is 4.29. The molecule has 1 aromatic heterocycles. The summed E-state index contributed by atoms with van der Waals surface area (Å²) in [5, 5.41) is 4.38. The SMILES string of the molecule is CCC(C)N(C)C(=O)c1c(C)cnn1Cc1ccc(OC)cc1. The summed E-state index contributed by atoms with van der Waals surface area (Å²) in [6, 6.07) is 8.01. The Kier molecular flexibility index (Phi) is 5.42. The number of rotatable bonds is 6. The second-order valence-electron chi connectivity index (χ2n) is 5.86. The van der Waals surface area contributed by atoms with Crippen LogP contribution in [0.2, 0.25) is 0 Å². The third kappa shape index (κ3) is 3.73. The summed E-state index contributed by atoms with van der Waals surface area (Å²) < 4.78 is 6.95. The summed E-state index contributed by atoms with van der Waals surface area (Å²) in [5.74, 6) is 0.834. The number of benzene rings is 1. The van der Waals surface area contributed by atoms with Crippen LogP contribution in [0.1, 0.15) is 41.9 Å². The van der Waals surface area contributed by atoms with Crippen LogP contribution in [-0.2, 0) is 6.54 Å². The summed E-state index contributed by atoms with van der Waals surface area (Å²) >= 11 is 0. The fraction of sp³-hybridized carbons (Fsp3) is 0.444. The highest BCUT2D eigenvalue weighted by atomic mass is 16.5. The molecule has 1 aromatic carbocycles. The number of aryl methyl sites for hydroxylation is 1. The number of hydrogen-bond donors (Lipinski definition) is 0. The molecule has 1 unspecified atom stereocenters. The average molecular weight is 315 g/mol. The Hall–Kier alpha value is -2.30.